The van der Waals surface area contributed by atoms with Gasteiger partial charge in [0.15, 0.2) is 6.10 Å². The second kappa shape index (κ2) is 64.7. The van der Waals surface area contributed by atoms with Crippen molar-refractivity contribution in [1.82, 2.24) is 0 Å². The highest BCUT2D eigenvalue weighted by atomic mass is 16.6. The van der Waals surface area contributed by atoms with Crippen LogP contribution in [-0.4, -0.2) is 37.2 Å². The Kier molecular flexibility index (Phi) is 63.1. The highest BCUT2D eigenvalue weighted by molar-refractivity contribution is 5.71. The van der Waals surface area contributed by atoms with Crippen molar-refractivity contribution in [3.63, 3.8) is 0 Å². The van der Waals surface area contributed by atoms with Crippen LogP contribution in [-0.2, 0) is 28.6 Å². The average Bonchev–Trinajstić information content (AvgIpc) is 3.41. The second-order valence-corrected chi connectivity index (χ2v) is 23.5. The van der Waals surface area contributed by atoms with Crippen LogP contribution in [0.1, 0.15) is 393 Å². The molecule has 0 aliphatic heterocycles. The van der Waals surface area contributed by atoms with Crippen LogP contribution in [0, 0.1) is 0 Å². The van der Waals surface area contributed by atoms with Crippen molar-refractivity contribution in [3.05, 3.63) is 12.2 Å². The fraction of sp³-hybridized carbons (Fsp3) is 0.928. The highest BCUT2D eigenvalue weighted by Crippen LogP contribution is 2.19. The molecule has 0 amide bonds. The summed E-state index contributed by atoms with van der Waals surface area (Å²) in [7, 11) is 0. The SMILES string of the molecule is CCCCC/C=C\CCCCCCCC(=O)OC(COC(=O)CCCCCCCCCCCC)COC(=O)CCCCCCCCCCCCCCCCCCCCCCCCCCCCCCCCCCCCC. The Morgan fingerprint density at radius 3 is 0.693 bits per heavy atom. The van der Waals surface area contributed by atoms with E-state index in [2.05, 4.69) is 32.9 Å². The molecule has 6 heteroatoms. The smallest absolute Gasteiger partial charge is 0.306 e. The molecule has 0 aromatic heterocycles. The Labute approximate surface area is 469 Å². The molecule has 75 heavy (non-hydrogen) atoms. The fourth-order valence-corrected chi connectivity index (χ4v) is 10.6. The van der Waals surface area contributed by atoms with Crippen LogP contribution in [0.5, 0.6) is 0 Å². The van der Waals surface area contributed by atoms with Crippen molar-refractivity contribution < 1.29 is 28.6 Å². The van der Waals surface area contributed by atoms with E-state index in [-0.39, 0.29) is 31.1 Å². The lowest BCUT2D eigenvalue weighted by atomic mass is 10.0. The minimum atomic E-state index is -0.768. The lowest BCUT2D eigenvalue weighted by Crippen LogP contribution is -2.30. The van der Waals surface area contributed by atoms with Gasteiger partial charge in [0.2, 0.25) is 0 Å². The normalized spacial score (nSPS) is 12.0. The Hall–Kier alpha value is -1.85. The first-order valence-corrected chi connectivity index (χ1v) is 34.2. The molecule has 1 unspecified atom stereocenters. The van der Waals surface area contributed by atoms with E-state index in [9.17, 15) is 14.4 Å². The number of esters is 3. The molecule has 0 heterocycles. The van der Waals surface area contributed by atoms with Crippen LogP contribution in [0.15, 0.2) is 12.2 Å². The summed E-state index contributed by atoms with van der Waals surface area (Å²) in [6.07, 6.45) is 77.1. The molecule has 6 nitrogen and oxygen atoms in total. The van der Waals surface area contributed by atoms with Crippen molar-refractivity contribution in [1.29, 1.82) is 0 Å². The number of carbonyl (C=O) groups is 3. The summed E-state index contributed by atoms with van der Waals surface area (Å²) in [5, 5.41) is 0. The molecule has 0 aliphatic carbocycles. The summed E-state index contributed by atoms with van der Waals surface area (Å²) < 4.78 is 16.9. The molecule has 0 aliphatic rings. The maximum atomic E-state index is 12.8. The first-order valence-electron chi connectivity index (χ1n) is 34.2. The predicted octanol–water partition coefficient (Wildman–Crippen LogP) is 23.2. The number of rotatable bonds is 64. The molecule has 0 rings (SSSR count). The van der Waals surface area contributed by atoms with Crippen molar-refractivity contribution >= 4 is 17.9 Å². The molecule has 444 valence electrons. The molecule has 0 spiro atoms. The van der Waals surface area contributed by atoms with Crippen LogP contribution in [0.2, 0.25) is 0 Å². The Morgan fingerprint density at radius 1 is 0.253 bits per heavy atom. The summed E-state index contributed by atoms with van der Waals surface area (Å²) in [5.74, 6) is -0.854. The van der Waals surface area contributed by atoms with Gasteiger partial charge in [-0.05, 0) is 44.9 Å². The minimum Gasteiger partial charge on any atom is -0.462 e. The fourth-order valence-electron chi connectivity index (χ4n) is 10.6. The third-order valence-electron chi connectivity index (χ3n) is 15.8. The molecule has 0 radical (unpaired) electrons. The Bertz CT molecular complexity index is 1170. The number of allylic oxidation sites excluding steroid dienone is 2. The van der Waals surface area contributed by atoms with Gasteiger partial charge >= 0.3 is 17.9 Å². The zero-order valence-electron chi connectivity index (χ0n) is 51.1. The van der Waals surface area contributed by atoms with Gasteiger partial charge in [0.1, 0.15) is 13.2 Å². The van der Waals surface area contributed by atoms with Crippen LogP contribution in [0.25, 0.3) is 0 Å². The Morgan fingerprint density at radius 2 is 0.440 bits per heavy atom. The predicted molar refractivity (Wildman–Crippen MR) is 326 cm³/mol. The third kappa shape index (κ3) is 62.9. The monoisotopic (exact) mass is 1060 g/mol. The molecule has 0 saturated carbocycles. The summed E-state index contributed by atoms with van der Waals surface area (Å²) >= 11 is 0. The van der Waals surface area contributed by atoms with E-state index in [4.69, 9.17) is 14.2 Å². The zero-order valence-corrected chi connectivity index (χ0v) is 51.1. The molecule has 0 fully saturated rings. The van der Waals surface area contributed by atoms with Gasteiger partial charge in [-0.3, -0.25) is 14.4 Å². The van der Waals surface area contributed by atoms with Gasteiger partial charge in [-0.15, -0.1) is 0 Å². The number of ether oxygens (including phenoxy) is 3. The van der Waals surface area contributed by atoms with Crippen molar-refractivity contribution in [3.8, 4) is 0 Å². The molecule has 0 aromatic rings. The van der Waals surface area contributed by atoms with Gasteiger partial charge in [-0.1, -0.05) is 341 Å². The standard InChI is InChI=1S/C69H132O6/c1-4-7-10-13-16-19-22-24-25-26-27-28-29-30-31-32-33-34-35-36-37-38-39-40-41-42-43-44-45-46-48-50-53-56-59-62-68(71)74-65-66(64-73-67(70)61-58-55-52-49-21-18-15-12-9-6-3)75-69(72)63-60-57-54-51-47-23-20-17-14-11-8-5-2/h17,20,66H,4-16,18-19,21-65H2,1-3H3/b20-17-. The van der Waals surface area contributed by atoms with E-state index in [0.29, 0.717) is 19.3 Å². The van der Waals surface area contributed by atoms with E-state index in [1.165, 1.54) is 289 Å². The quantitative estimate of drug-likeness (QED) is 0.0261. The van der Waals surface area contributed by atoms with Gasteiger partial charge < -0.3 is 14.2 Å². The Balaban J connectivity index is 3.91. The van der Waals surface area contributed by atoms with Gasteiger partial charge in [-0.2, -0.15) is 0 Å². The molecular formula is C69H132O6. The van der Waals surface area contributed by atoms with Gasteiger partial charge in [-0.25, -0.2) is 0 Å². The summed E-state index contributed by atoms with van der Waals surface area (Å²) in [6.45, 7) is 6.66. The largest absolute Gasteiger partial charge is 0.462 e. The van der Waals surface area contributed by atoms with Crippen LogP contribution >= 0.6 is 0 Å². The van der Waals surface area contributed by atoms with Gasteiger partial charge in [0.25, 0.3) is 0 Å². The molecular weight excluding hydrogens is 925 g/mol. The van der Waals surface area contributed by atoms with Crippen molar-refractivity contribution in [2.75, 3.05) is 13.2 Å². The summed E-state index contributed by atoms with van der Waals surface area (Å²) in [6, 6.07) is 0. The molecule has 0 saturated heterocycles. The first kappa shape index (κ1) is 73.2. The first-order chi connectivity index (χ1) is 37.0. The molecule has 0 N–H and O–H groups in total. The van der Waals surface area contributed by atoms with E-state index in [1.54, 1.807) is 0 Å². The molecule has 0 bridgehead atoms. The van der Waals surface area contributed by atoms with Crippen LogP contribution in [0.4, 0.5) is 0 Å². The number of hydrogen-bond acceptors (Lipinski definition) is 6. The third-order valence-corrected chi connectivity index (χ3v) is 15.8. The van der Waals surface area contributed by atoms with Crippen LogP contribution in [0.3, 0.4) is 0 Å². The van der Waals surface area contributed by atoms with Gasteiger partial charge in [0, 0.05) is 19.3 Å². The van der Waals surface area contributed by atoms with E-state index in [1.807, 2.05) is 0 Å². The maximum absolute atomic E-state index is 12.8. The zero-order chi connectivity index (χ0) is 54.3. The lowest BCUT2D eigenvalue weighted by molar-refractivity contribution is -0.167. The van der Waals surface area contributed by atoms with Crippen molar-refractivity contribution in [2.45, 2.75) is 399 Å². The van der Waals surface area contributed by atoms with E-state index in [0.717, 1.165) is 64.2 Å². The lowest BCUT2D eigenvalue weighted by Gasteiger charge is -2.18. The second-order valence-electron chi connectivity index (χ2n) is 23.5. The topological polar surface area (TPSA) is 78.9 Å². The van der Waals surface area contributed by atoms with E-state index >= 15 is 0 Å². The molecule has 0 aromatic carbocycles. The highest BCUT2D eigenvalue weighted by Gasteiger charge is 2.19. The summed E-state index contributed by atoms with van der Waals surface area (Å²) in [4.78, 5) is 38.1. The number of hydrogen-bond donors (Lipinski definition) is 0. The number of carbonyl (C=O) groups excluding carboxylic acids is 3. The van der Waals surface area contributed by atoms with Crippen molar-refractivity contribution in [2.24, 2.45) is 0 Å². The average molecular weight is 1060 g/mol. The minimum absolute atomic E-state index is 0.0677. The van der Waals surface area contributed by atoms with Crippen LogP contribution < -0.4 is 0 Å². The maximum Gasteiger partial charge on any atom is 0.306 e. The summed E-state index contributed by atoms with van der Waals surface area (Å²) in [5.41, 5.74) is 0. The molecule has 1 atom stereocenters. The number of unbranched alkanes of at least 4 members (excludes halogenated alkanes) is 51. The van der Waals surface area contributed by atoms with E-state index < -0.39 is 6.10 Å². The van der Waals surface area contributed by atoms with Gasteiger partial charge in [0.05, 0.1) is 0 Å².